The Kier molecular flexibility index (Phi) is 6.59. The number of rotatable bonds is 6. The van der Waals surface area contributed by atoms with Crippen molar-refractivity contribution in [2.24, 2.45) is 5.41 Å². The van der Waals surface area contributed by atoms with E-state index in [4.69, 9.17) is 9.47 Å². The third kappa shape index (κ3) is 5.68. The molecule has 0 aromatic rings. The first-order chi connectivity index (χ1) is 11.6. The van der Waals surface area contributed by atoms with Gasteiger partial charge in [-0.3, -0.25) is 4.79 Å². The van der Waals surface area contributed by atoms with Crippen LogP contribution in [0.15, 0.2) is 0 Å². The second-order valence-electron chi connectivity index (χ2n) is 9.50. The van der Waals surface area contributed by atoms with Crippen LogP contribution in [-0.4, -0.2) is 47.8 Å². The van der Waals surface area contributed by atoms with E-state index in [2.05, 4.69) is 39.5 Å². The minimum absolute atomic E-state index is 0.0465. The Morgan fingerprint density at radius 2 is 1.76 bits per heavy atom. The van der Waals surface area contributed by atoms with Gasteiger partial charge in [-0.15, -0.1) is 0 Å². The molecule has 2 atom stereocenters. The summed E-state index contributed by atoms with van der Waals surface area (Å²) in [4.78, 5) is 14.5. The number of carbonyl (C=O) groups excluding carboxylic acids is 1. The fourth-order valence-electron chi connectivity index (χ4n) is 5.09. The van der Waals surface area contributed by atoms with Crippen LogP contribution in [0.1, 0.15) is 86.5 Å². The molecule has 0 aromatic heterocycles. The van der Waals surface area contributed by atoms with Crippen molar-refractivity contribution in [1.29, 1.82) is 0 Å². The van der Waals surface area contributed by atoms with E-state index in [1.165, 1.54) is 12.8 Å². The summed E-state index contributed by atoms with van der Waals surface area (Å²) < 4.78 is 11.8. The molecule has 4 nitrogen and oxygen atoms in total. The van der Waals surface area contributed by atoms with Gasteiger partial charge >= 0.3 is 0 Å². The van der Waals surface area contributed by atoms with Crippen LogP contribution in [0.2, 0.25) is 0 Å². The first kappa shape index (κ1) is 20.7. The van der Waals surface area contributed by atoms with Crippen LogP contribution >= 0.6 is 0 Å². The summed E-state index contributed by atoms with van der Waals surface area (Å²) in [6.45, 7) is 15.2. The zero-order valence-corrected chi connectivity index (χ0v) is 17.3. The Morgan fingerprint density at radius 3 is 2.32 bits per heavy atom. The molecule has 0 bridgehead atoms. The molecule has 0 radical (unpaired) electrons. The first-order valence-electron chi connectivity index (χ1n) is 10.1. The highest BCUT2D eigenvalue weighted by atomic mass is 16.5. The van der Waals surface area contributed by atoms with Gasteiger partial charge in [-0.2, -0.15) is 0 Å². The van der Waals surface area contributed by atoms with Gasteiger partial charge in [0.15, 0.2) is 0 Å². The summed E-state index contributed by atoms with van der Waals surface area (Å²) in [5.74, 6) is 0.209. The van der Waals surface area contributed by atoms with E-state index >= 15 is 0 Å². The van der Waals surface area contributed by atoms with E-state index in [9.17, 15) is 4.79 Å². The third-order valence-corrected chi connectivity index (χ3v) is 6.11. The molecule has 2 heterocycles. The molecule has 2 aliphatic rings. The zero-order valence-electron chi connectivity index (χ0n) is 17.3. The summed E-state index contributed by atoms with van der Waals surface area (Å²) in [7, 11) is 0. The molecule has 0 spiro atoms. The maximum absolute atomic E-state index is 12.4. The summed E-state index contributed by atoms with van der Waals surface area (Å²) in [5, 5.41) is 0. The average molecular weight is 354 g/mol. The van der Waals surface area contributed by atoms with Crippen molar-refractivity contribution in [1.82, 2.24) is 4.90 Å². The predicted molar refractivity (Wildman–Crippen MR) is 102 cm³/mol. The van der Waals surface area contributed by atoms with Gasteiger partial charge in [0.05, 0.1) is 11.2 Å². The summed E-state index contributed by atoms with van der Waals surface area (Å²) >= 11 is 0. The molecule has 1 amide bonds. The molecule has 0 aliphatic carbocycles. The summed E-state index contributed by atoms with van der Waals surface area (Å²) in [6.07, 6.45) is 7.62. The lowest BCUT2D eigenvalue weighted by Crippen LogP contribution is -2.50. The highest BCUT2D eigenvalue weighted by Gasteiger charge is 2.41. The number of carbonyl (C=O) groups is 1. The van der Waals surface area contributed by atoms with Crippen molar-refractivity contribution in [3.8, 4) is 0 Å². The Morgan fingerprint density at radius 1 is 1.08 bits per heavy atom. The minimum atomic E-state index is -0.127. The minimum Gasteiger partial charge on any atom is -0.376 e. The second-order valence-corrected chi connectivity index (χ2v) is 9.50. The monoisotopic (exact) mass is 353 g/mol. The van der Waals surface area contributed by atoms with Gasteiger partial charge in [0, 0.05) is 32.7 Å². The number of amides is 1. The normalized spacial score (nSPS) is 31.5. The van der Waals surface area contributed by atoms with Crippen molar-refractivity contribution in [3.05, 3.63) is 0 Å². The Balaban J connectivity index is 2.06. The molecule has 2 fully saturated rings. The van der Waals surface area contributed by atoms with Crippen LogP contribution in [0.5, 0.6) is 0 Å². The van der Waals surface area contributed by atoms with E-state index in [1.54, 1.807) is 6.92 Å². The Bertz CT molecular complexity index is 456. The largest absolute Gasteiger partial charge is 0.376 e. The topological polar surface area (TPSA) is 38.8 Å². The highest BCUT2D eigenvalue weighted by molar-refractivity contribution is 5.73. The van der Waals surface area contributed by atoms with Gasteiger partial charge in [-0.05, 0) is 71.6 Å². The Labute approximate surface area is 154 Å². The summed E-state index contributed by atoms with van der Waals surface area (Å²) in [5.41, 5.74) is 0.137. The van der Waals surface area contributed by atoms with Gasteiger partial charge in [0.25, 0.3) is 0 Å². The molecule has 0 aromatic carbocycles. The number of ether oxygens (including phenoxy) is 2. The molecule has 0 N–H and O–H groups in total. The molecule has 0 unspecified atom stereocenters. The van der Waals surface area contributed by atoms with Crippen LogP contribution in [0.3, 0.4) is 0 Å². The van der Waals surface area contributed by atoms with Crippen LogP contribution in [0.25, 0.3) is 0 Å². The van der Waals surface area contributed by atoms with Crippen molar-refractivity contribution >= 4 is 5.91 Å². The van der Waals surface area contributed by atoms with Crippen molar-refractivity contribution < 1.29 is 14.3 Å². The van der Waals surface area contributed by atoms with Crippen LogP contribution in [-0.2, 0) is 14.3 Å². The Hall–Kier alpha value is -0.610. The molecule has 2 saturated heterocycles. The maximum atomic E-state index is 12.4. The predicted octanol–water partition coefficient (Wildman–Crippen LogP) is 4.56. The molecule has 2 rings (SSSR count). The van der Waals surface area contributed by atoms with Gasteiger partial charge in [-0.1, -0.05) is 13.3 Å². The van der Waals surface area contributed by atoms with E-state index in [0.717, 1.165) is 51.9 Å². The number of hydrogen-bond donors (Lipinski definition) is 0. The average Bonchev–Trinajstić information content (AvgIpc) is 2.45. The second kappa shape index (κ2) is 7.96. The van der Waals surface area contributed by atoms with Crippen molar-refractivity contribution in [2.75, 3.05) is 19.8 Å². The fourth-order valence-corrected chi connectivity index (χ4v) is 5.09. The SMILES string of the molecule is CCC[C@@]1(CCN(C(C)=O)[C@H]2CCOC(C)(C)C2)CCOC(C)(C)C1. The lowest BCUT2D eigenvalue weighted by molar-refractivity contribution is -0.140. The summed E-state index contributed by atoms with van der Waals surface area (Å²) in [6, 6.07) is 0.313. The molecule has 25 heavy (non-hydrogen) atoms. The fraction of sp³-hybridized carbons (Fsp3) is 0.952. The number of nitrogens with zero attached hydrogens (tertiary/aromatic N) is 1. The van der Waals surface area contributed by atoms with Gasteiger partial charge in [-0.25, -0.2) is 0 Å². The van der Waals surface area contributed by atoms with Crippen LogP contribution in [0, 0.1) is 5.41 Å². The van der Waals surface area contributed by atoms with Gasteiger partial charge in [0.1, 0.15) is 0 Å². The smallest absolute Gasteiger partial charge is 0.219 e. The lowest BCUT2D eigenvalue weighted by atomic mass is 9.69. The van der Waals surface area contributed by atoms with E-state index < -0.39 is 0 Å². The zero-order chi connectivity index (χ0) is 18.7. The van der Waals surface area contributed by atoms with Crippen molar-refractivity contribution in [3.63, 3.8) is 0 Å². The molecular weight excluding hydrogens is 314 g/mol. The third-order valence-electron chi connectivity index (χ3n) is 6.11. The van der Waals surface area contributed by atoms with Gasteiger partial charge in [0.2, 0.25) is 5.91 Å². The van der Waals surface area contributed by atoms with Crippen LogP contribution < -0.4 is 0 Å². The molecule has 146 valence electrons. The number of hydrogen-bond acceptors (Lipinski definition) is 3. The standard InChI is InChI=1S/C21H39NO3/c1-7-9-21(11-14-25-20(5,6)16-21)10-12-22(17(2)23)18-8-13-24-19(3,4)15-18/h18H,7-16H2,1-6H3/t18-,21+/m0/s1. The van der Waals surface area contributed by atoms with Gasteiger partial charge < -0.3 is 14.4 Å². The van der Waals surface area contributed by atoms with E-state index in [1.807, 2.05) is 0 Å². The van der Waals surface area contributed by atoms with Crippen LogP contribution in [0.4, 0.5) is 0 Å². The molecule has 2 aliphatic heterocycles. The maximum Gasteiger partial charge on any atom is 0.219 e. The molecule has 4 heteroatoms. The van der Waals surface area contributed by atoms with Crippen molar-refractivity contribution in [2.45, 2.75) is 104 Å². The molecule has 0 saturated carbocycles. The highest BCUT2D eigenvalue weighted by Crippen LogP contribution is 2.45. The van der Waals surface area contributed by atoms with E-state index in [0.29, 0.717) is 11.5 Å². The first-order valence-corrected chi connectivity index (χ1v) is 10.1. The van der Waals surface area contributed by atoms with E-state index in [-0.39, 0.29) is 17.1 Å². The molecular formula is C21H39NO3. The quantitative estimate of drug-likeness (QED) is 0.703. The lowest BCUT2D eigenvalue weighted by Gasteiger charge is -2.47.